The van der Waals surface area contributed by atoms with Gasteiger partial charge in [0, 0.05) is 12.7 Å². The van der Waals surface area contributed by atoms with Gasteiger partial charge in [-0.2, -0.15) is 0 Å². The summed E-state index contributed by atoms with van der Waals surface area (Å²) in [7, 11) is 3.24. The SMILES string of the molecule is COc1ccc(CO[C@@H]2C=C(CO)C(=O)[C@@H](C(C)=CCCC(C)C)[C@@H]2OC)cc1. The van der Waals surface area contributed by atoms with Gasteiger partial charge in [-0.1, -0.05) is 37.6 Å². The van der Waals surface area contributed by atoms with Crippen LogP contribution in [0.25, 0.3) is 0 Å². The van der Waals surface area contributed by atoms with Crippen molar-refractivity contribution in [3.05, 3.63) is 53.1 Å². The van der Waals surface area contributed by atoms with Crippen molar-refractivity contribution in [2.24, 2.45) is 11.8 Å². The first-order valence-electron chi connectivity index (χ1n) is 10.2. The van der Waals surface area contributed by atoms with Crippen LogP contribution in [-0.4, -0.2) is 43.9 Å². The monoisotopic (exact) mass is 402 g/mol. The van der Waals surface area contributed by atoms with Gasteiger partial charge in [0.25, 0.3) is 0 Å². The smallest absolute Gasteiger partial charge is 0.170 e. The second-order valence-corrected chi connectivity index (χ2v) is 7.94. The Morgan fingerprint density at radius 3 is 2.45 bits per heavy atom. The van der Waals surface area contributed by atoms with Gasteiger partial charge in [-0.3, -0.25) is 4.79 Å². The van der Waals surface area contributed by atoms with Gasteiger partial charge in [0.2, 0.25) is 0 Å². The molecule has 0 radical (unpaired) electrons. The molecule has 0 heterocycles. The van der Waals surface area contributed by atoms with Gasteiger partial charge in [-0.25, -0.2) is 0 Å². The van der Waals surface area contributed by atoms with Gasteiger partial charge in [-0.05, 0) is 49.5 Å². The van der Waals surface area contributed by atoms with E-state index >= 15 is 0 Å². The third-order valence-corrected chi connectivity index (χ3v) is 5.36. The number of rotatable bonds is 10. The van der Waals surface area contributed by atoms with Crippen LogP contribution in [0.3, 0.4) is 0 Å². The first-order chi connectivity index (χ1) is 13.9. The Hall–Kier alpha value is -1.95. The number of methoxy groups -OCH3 is 2. The number of benzene rings is 1. The van der Waals surface area contributed by atoms with E-state index in [1.165, 1.54) is 0 Å². The zero-order valence-electron chi connectivity index (χ0n) is 18.2. The van der Waals surface area contributed by atoms with Crippen LogP contribution >= 0.6 is 0 Å². The molecule has 5 heteroatoms. The number of carbonyl (C=O) groups is 1. The van der Waals surface area contributed by atoms with Crippen molar-refractivity contribution in [3.63, 3.8) is 0 Å². The van der Waals surface area contributed by atoms with E-state index in [0.717, 1.165) is 29.7 Å². The van der Waals surface area contributed by atoms with Crippen LogP contribution in [-0.2, 0) is 20.9 Å². The van der Waals surface area contributed by atoms with Gasteiger partial charge in [0.15, 0.2) is 5.78 Å². The maximum Gasteiger partial charge on any atom is 0.170 e. The fraction of sp³-hybridized carbons (Fsp3) is 0.542. The van der Waals surface area contributed by atoms with E-state index in [4.69, 9.17) is 14.2 Å². The Morgan fingerprint density at radius 2 is 1.90 bits per heavy atom. The van der Waals surface area contributed by atoms with E-state index < -0.39 is 18.1 Å². The average molecular weight is 403 g/mol. The summed E-state index contributed by atoms with van der Waals surface area (Å²) in [6.07, 6.45) is 4.97. The lowest BCUT2D eigenvalue weighted by Gasteiger charge is -2.35. The second-order valence-electron chi connectivity index (χ2n) is 7.94. The second kappa shape index (κ2) is 11.3. The van der Waals surface area contributed by atoms with Gasteiger partial charge >= 0.3 is 0 Å². The number of ketones is 1. The lowest BCUT2D eigenvalue weighted by Crippen LogP contribution is -2.45. The lowest BCUT2D eigenvalue weighted by molar-refractivity contribution is -0.130. The van der Waals surface area contributed by atoms with Gasteiger partial charge in [0.05, 0.1) is 26.2 Å². The quantitative estimate of drug-likeness (QED) is 0.597. The standard InChI is InChI=1S/C24H34O5/c1-16(2)7-6-8-17(3)22-23(26)19(14-25)13-21(24(22)28-5)29-15-18-9-11-20(27-4)12-10-18/h8-13,16,21-22,24-25H,6-7,14-15H2,1-5H3/t21-,22-,24-/m1/s1. The summed E-state index contributed by atoms with van der Waals surface area (Å²) in [6, 6.07) is 7.66. The molecule has 29 heavy (non-hydrogen) atoms. The molecule has 0 aromatic heterocycles. The zero-order valence-corrected chi connectivity index (χ0v) is 18.2. The van der Waals surface area contributed by atoms with E-state index in [9.17, 15) is 9.90 Å². The molecule has 160 valence electrons. The minimum atomic E-state index is -0.444. The number of ether oxygens (including phenoxy) is 3. The molecule has 1 N–H and O–H groups in total. The maximum atomic E-state index is 12.9. The molecule has 3 atom stereocenters. The minimum Gasteiger partial charge on any atom is -0.497 e. The molecule has 1 aliphatic carbocycles. The Labute approximate surface area is 174 Å². The van der Waals surface area contributed by atoms with Crippen molar-refractivity contribution in [2.75, 3.05) is 20.8 Å². The van der Waals surface area contributed by atoms with Crippen LogP contribution in [0.4, 0.5) is 0 Å². The Morgan fingerprint density at radius 1 is 1.21 bits per heavy atom. The predicted molar refractivity (Wildman–Crippen MR) is 114 cm³/mol. The molecule has 0 saturated heterocycles. The number of aliphatic hydroxyl groups excluding tert-OH is 1. The molecule has 0 bridgehead atoms. The molecule has 0 amide bonds. The maximum absolute atomic E-state index is 12.9. The van der Waals surface area contributed by atoms with Crippen LogP contribution in [0, 0.1) is 11.8 Å². The van der Waals surface area contributed by atoms with Crippen molar-refractivity contribution in [1.29, 1.82) is 0 Å². The third kappa shape index (κ3) is 6.26. The van der Waals surface area contributed by atoms with Crippen molar-refractivity contribution in [2.45, 2.75) is 52.4 Å². The molecule has 0 unspecified atom stereocenters. The average Bonchev–Trinajstić information content (AvgIpc) is 2.72. The fourth-order valence-corrected chi connectivity index (χ4v) is 3.61. The molecule has 2 rings (SSSR count). The summed E-state index contributed by atoms with van der Waals surface area (Å²) in [5, 5.41) is 9.71. The third-order valence-electron chi connectivity index (χ3n) is 5.36. The van der Waals surface area contributed by atoms with Crippen LogP contribution in [0.2, 0.25) is 0 Å². The molecule has 0 spiro atoms. The number of carbonyl (C=O) groups excluding carboxylic acids is 1. The van der Waals surface area contributed by atoms with E-state index in [1.807, 2.05) is 31.2 Å². The van der Waals surface area contributed by atoms with Crippen LogP contribution in [0.15, 0.2) is 47.6 Å². The summed E-state index contributed by atoms with van der Waals surface area (Å²) in [5.41, 5.74) is 2.36. The number of Topliss-reactive ketones (excluding diaryl/α,β-unsaturated/α-hetero) is 1. The molecule has 0 fully saturated rings. The van der Waals surface area contributed by atoms with Crippen molar-refractivity contribution in [1.82, 2.24) is 0 Å². The highest BCUT2D eigenvalue weighted by atomic mass is 16.5. The number of hydrogen-bond acceptors (Lipinski definition) is 5. The molecule has 1 aromatic rings. The van der Waals surface area contributed by atoms with Crippen LogP contribution in [0.5, 0.6) is 5.75 Å². The number of hydrogen-bond donors (Lipinski definition) is 1. The largest absolute Gasteiger partial charge is 0.497 e. The van der Waals surface area contributed by atoms with Gasteiger partial charge in [0.1, 0.15) is 18.0 Å². The lowest BCUT2D eigenvalue weighted by atomic mass is 9.78. The fourth-order valence-electron chi connectivity index (χ4n) is 3.61. The molecular formula is C24H34O5. The topological polar surface area (TPSA) is 65.0 Å². The highest BCUT2D eigenvalue weighted by Crippen LogP contribution is 2.32. The molecular weight excluding hydrogens is 368 g/mol. The van der Waals surface area contributed by atoms with E-state index in [2.05, 4.69) is 19.9 Å². The van der Waals surface area contributed by atoms with Crippen molar-refractivity contribution < 1.29 is 24.1 Å². The highest BCUT2D eigenvalue weighted by Gasteiger charge is 2.40. The van der Waals surface area contributed by atoms with E-state index in [0.29, 0.717) is 18.1 Å². The summed E-state index contributed by atoms with van der Waals surface area (Å²) >= 11 is 0. The highest BCUT2D eigenvalue weighted by molar-refractivity contribution is 6.00. The summed E-state index contributed by atoms with van der Waals surface area (Å²) in [5.74, 6) is 0.867. The predicted octanol–water partition coefficient (Wildman–Crippen LogP) is 4.10. The van der Waals surface area contributed by atoms with Gasteiger partial charge in [-0.15, -0.1) is 0 Å². The van der Waals surface area contributed by atoms with Gasteiger partial charge < -0.3 is 19.3 Å². The molecule has 5 nitrogen and oxygen atoms in total. The summed E-state index contributed by atoms with van der Waals surface area (Å²) in [4.78, 5) is 12.9. The number of aliphatic hydroxyl groups is 1. The zero-order chi connectivity index (χ0) is 21.4. The Bertz CT molecular complexity index is 717. The molecule has 1 aromatic carbocycles. The number of allylic oxidation sites excluding steroid dienone is 1. The molecule has 0 saturated carbocycles. The summed E-state index contributed by atoms with van der Waals surface area (Å²) in [6.45, 7) is 6.41. The Kier molecular flexibility index (Phi) is 9.08. The van der Waals surface area contributed by atoms with E-state index in [-0.39, 0.29) is 12.4 Å². The van der Waals surface area contributed by atoms with Crippen LogP contribution in [0.1, 0.15) is 39.2 Å². The van der Waals surface area contributed by atoms with Crippen LogP contribution < -0.4 is 4.74 Å². The molecule has 0 aliphatic heterocycles. The first-order valence-corrected chi connectivity index (χ1v) is 10.2. The Balaban J connectivity index is 2.18. The summed E-state index contributed by atoms with van der Waals surface area (Å²) < 4.78 is 17.0. The van der Waals surface area contributed by atoms with E-state index in [1.54, 1.807) is 20.3 Å². The first kappa shape index (κ1) is 23.3. The normalized spacial score (nSPS) is 22.7. The van der Waals surface area contributed by atoms with Crippen molar-refractivity contribution >= 4 is 5.78 Å². The van der Waals surface area contributed by atoms with Crippen molar-refractivity contribution in [3.8, 4) is 5.75 Å². The molecule has 1 aliphatic rings. The minimum absolute atomic E-state index is 0.0815.